The molecule has 2 rings (SSSR count). The summed E-state index contributed by atoms with van der Waals surface area (Å²) in [7, 11) is 1.30. The molecule has 0 radical (unpaired) electrons. The summed E-state index contributed by atoms with van der Waals surface area (Å²) in [5, 5.41) is 9.82. The second-order valence-electron chi connectivity index (χ2n) is 3.64. The van der Waals surface area contributed by atoms with Crippen LogP contribution >= 0.6 is 0 Å². The minimum Gasteiger partial charge on any atom is -0.466 e. The highest BCUT2D eigenvalue weighted by Gasteiger charge is 2.06. The number of carbonyl (C=O) groups is 2. The lowest BCUT2D eigenvalue weighted by molar-refractivity contribution is -0.134. The lowest BCUT2D eigenvalue weighted by atomic mass is 10.1. The Labute approximate surface area is 103 Å². The second-order valence-corrected chi connectivity index (χ2v) is 3.64. The van der Waals surface area contributed by atoms with Crippen molar-refractivity contribution in [2.45, 2.75) is 0 Å². The Bertz CT molecular complexity index is 639. The second kappa shape index (κ2) is 4.75. The number of aromatic nitrogens is 1. The Balaban J connectivity index is 2.42. The molecule has 2 aromatic rings. The summed E-state index contributed by atoms with van der Waals surface area (Å²) < 4.78 is 5.61. The number of hydrogen-bond acceptors (Lipinski definition) is 3. The van der Waals surface area contributed by atoms with Crippen molar-refractivity contribution in [3.63, 3.8) is 0 Å². The molecule has 1 N–H and O–H groups in total. The van der Waals surface area contributed by atoms with Crippen molar-refractivity contribution < 1.29 is 19.4 Å². The number of hydrogen-bond donors (Lipinski definition) is 1. The van der Waals surface area contributed by atoms with Gasteiger partial charge in [0.1, 0.15) is 0 Å². The van der Waals surface area contributed by atoms with Crippen molar-refractivity contribution in [1.29, 1.82) is 0 Å². The van der Waals surface area contributed by atoms with Crippen LogP contribution in [0.1, 0.15) is 5.56 Å². The zero-order valence-electron chi connectivity index (χ0n) is 9.66. The number of carbonyl (C=O) groups excluding carboxylic acids is 1. The van der Waals surface area contributed by atoms with Crippen LogP contribution in [0.5, 0.6) is 0 Å². The lowest BCUT2D eigenvalue weighted by Gasteiger charge is -1.99. The van der Waals surface area contributed by atoms with Gasteiger partial charge in [0.15, 0.2) is 0 Å². The average Bonchev–Trinajstić information content (AvgIpc) is 2.78. The van der Waals surface area contributed by atoms with Crippen molar-refractivity contribution >= 4 is 29.0 Å². The maximum atomic E-state index is 11.0. The summed E-state index contributed by atoms with van der Waals surface area (Å²) in [4.78, 5) is 21.9. The third kappa shape index (κ3) is 2.24. The standard InChI is InChI=1S/C13H11NO4/c1-18-12(15)5-3-9-2-4-10-6-7-14(13(16)17)11(10)8-9/h2-8H,1H3,(H,16,17). The SMILES string of the molecule is COC(=O)C=Cc1ccc2ccn(C(=O)O)c2c1. The van der Waals surface area contributed by atoms with Gasteiger partial charge in [0.05, 0.1) is 12.6 Å². The molecule has 0 atom stereocenters. The maximum Gasteiger partial charge on any atom is 0.415 e. The van der Waals surface area contributed by atoms with Crippen molar-refractivity contribution in [2.75, 3.05) is 7.11 Å². The van der Waals surface area contributed by atoms with E-state index in [-0.39, 0.29) is 0 Å². The van der Waals surface area contributed by atoms with Crippen molar-refractivity contribution in [2.24, 2.45) is 0 Å². The highest BCUT2D eigenvalue weighted by molar-refractivity contribution is 5.92. The normalized spacial score (nSPS) is 10.9. The van der Waals surface area contributed by atoms with Gasteiger partial charge < -0.3 is 9.84 Å². The van der Waals surface area contributed by atoms with E-state index < -0.39 is 12.1 Å². The first-order chi connectivity index (χ1) is 8.61. The molecule has 1 aromatic carbocycles. The highest BCUT2D eigenvalue weighted by atomic mass is 16.5. The number of fused-ring (bicyclic) bond motifs is 1. The molecule has 5 nitrogen and oxygen atoms in total. The third-order valence-corrected chi connectivity index (χ3v) is 2.54. The van der Waals surface area contributed by atoms with Gasteiger partial charge in [-0.15, -0.1) is 0 Å². The largest absolute Gasteiger partial charge is 0.466 e. The zero-order valence-corrected chi connectivity index (χ0v) is 9.66. The summed E-state index contributed by atoms with van der Waals surface area (Å²) in [6.45, 7) is 0. The molecule has 0 amide bonds. The molecule has 18 heavy (non-hydrogen) atoms. The number of esters is 1. The summed E-state index contributed by atoms with van der Waals surface area (Å²) in [5.41, 5.74) is 1.31. The molecule has 0 aliphatic heterocycles. The van der Waals surface area contributed by atoms with Gasteiger partial charge in [-0.2, -0.15) is 0 Å². The number of nitrogens with zero attached hydrogens (tertiary/aromatic N) is 1. The first-order valence-electron chi connectivity index (χ1n) is 5.22. The number of benzene rings is 1. The van der Waals surface area contributed by atoms with E-state index in [4.69, 9.17) is 5.11 Å². The van der Waals surface area contributed by atoms with Gasteiger partial charge in [-0.05, 0) is 23.8 Å². The summed E-state index contributed by atoms with van der Waals surface area (Å²) in [6, 6.07) is 7.01. The number of rotatable bonds is 2. The van der Waals surface area contributed by atoms with Gasteiger partial charge in [0, 0.05) is 17.7 Å². The van der Waals surface area contributed by atoms with E-state index in [1.54, 1.807) is 30.3 Å². The molecule has 5 heteroatoms. The molecule has 0 saturated heterocycles. The topological polar surface area (TPSA) is 68.5 Å². The number of ether oxygens (including phenoxy) is 1. The van der Waals surface area contributed by atoms with Crippen LogP contribution in [0.3, 0.4) is 0 Å². The van der Waals surface area contributed by atoms with Crippen LogP contribution in [0.25, 0.3) is 17.0 Å². The van der Waals surface area contributed by atoms with Crippen LogP contribution in [-0.2, 0) is 9.53 Å². The summed E-state index contributed by atoms with van der Waals surface area (Å²) in [5.74, 6) is -0.455. The summed E-state index contributed by atoms with van der Waals surface area (Å²) >= 11 is 0. The van der Waals surface area contributed by atoms with E-state index >= 15 is 0 Å². The Morgan fingerprint density at radius 1 is 1.33 bits per heavy atom. The quantitative estimate of drug-likeness (QED) is 0.651. The fourth-order valence-electron chi connectivity index (χ4n) is 1.65. The molecule has 0 aliphatic carbocycles. The minimum atomic E-state index is -1.04. The molecule has 0 bridgehead atoms. The smallest absolute Gasteiger partial charge is 0.415 e. The van der Waals surface area contributed by atoms with Crippen molar-refractivity contribution in [3.05, 3.63) is 42.1 Å². The Morgan fingerprint density at radius 3 is 2.78 bits per heavy atom. The van der Waals surface area contributed by atoms with Gasteiger partial charge in [-0.3, -0.25) is 4.57 Å². The van der Waals surface area contributed by atoms with E-state index in [0.29, 0.717) is 5.52 Å². The fraction of sp³-hybridized carbons (Fsp3) is 0.0769. The average molecular weight is 245 g/mol. The molecule has 92 valence electrons. The van der Waals surface area contributed by atoms with Crippen LogP contribution in [0, 0.1) is 0 Å². The van der Waals surface area contributed by atoms with Crippen molar-refractivity contribution in [3.8, 4) is 0 Å². The molecular formula is C13H11NO4. The van der Waals surface area contributed by atoms with Gasteiger partial charge in [0.25, 0.3) is 0 Å². The lowest BCUT2D eigenvalue weighted by Crippen LogP contribution is -2.05. The van der Waals surface area contributed by atoms with E-state index in [2.05, 4.69) is 4.74 Å². The Morgan fingerprint density at radius 2 is 2.11 bits per heavy atom. The Hall–Kier alpha value is -2.56. The summed E-state index contributed by atoms with van der Waals surface area (Å²) in [6.07, 6.45) is 3.31. The first kappa shape index (κ1) is 11.9. The van der Waals surface area contributed by atoms with E-state index in [1.807, 2.05) is 0 Å². The number of methoxy groups -OCH3 is 1. The molecule has 0 fully saturated rings. The van der Waals surface area contributed by atoms with E-state index in [9.17, 15) is 9.59 Å². The predicted octanol–water partition coefficient (Wildman–Crippen LogP) is 2.35. The third-order valence-electron chi connectivity index (χ3n) is 2.54. The van der Waals surface area contributed by atoms with E-state index in [0.717, 1.165) is 15.5 Å². The molecule has 0 unspecified atom stereocenters. The predicted molar refractivity (Wildman–Crippen MR) is 66.4 cm³/mol. The van der Waals surface area contributed by atoms with Gasteiger partial charge in [0.2, 0.25) is 0 Å². The van der Waals surface area contributed by atoms with Crippen LogP contribution in [0.4, 0.5) is 4.79 Å². The van der Waals surface area contributed by atoms with Crippen LogP contribution in [0.15, 0.2) is 36.5 Å². The van der Waals surface area contributed by atoms with Crippen molar-refractivity contribution in [1.82, 2.24) is 4.57 Å². The molecule has 0 spiro atoms. The van der Waals surface area contributed by atoms with Gasteiger partial charge >= 0.3 is 12.1 Å². The zero-order chi connectivity index (χ0) is 13.1. The van der Waals surface area contributed by atoms with Gasteiger partial charge in [-0.1, -0.05) is 12.1 Å². The maximum absolute atomic E-state index is 11.0. The Kier molecular flexibility index (Phi) is 3.14. The molecule has 1 aromatic heterocycles. The van der Waals surface area contributed by atoms with Crippen LogP contribution in [0.2, 0.25) is 0 Å². The first-order valence-corrected chi connectivity index (χ1v) is 5.22. The van der Waals surface area contributed by atoms with Gasteiger partial charge in [-0.25, -0.2) is 9.59 Å². The van der Waals surface area contributed by atoms with E-state index in [1.165, 1.54) is 19.4 Å². The molecule has 0 aliphatic rings. The minimum absolute atomic E-state index is 0.455. The molecule has 0 saturated carbocycles. The van der Waals surface area contributed by atoms with Crippen LogP contribution in [-0.4, -0.2) is 28.8 Å². The molecular weight excluding hydrogens is 234 g/mol. The highest BCUT2D eigenvalue weighted by Crippen LogP contribution is 2.18. The fourth-order valence-corrected chi connectivity index (χ4v) is 1.65. The monoisotopic (exact) mass is 245 g/mol. The molecule has 1 heterocycles. The van der Waals surface area contributed by atoms with Crippen LogP contribution < -0.4 is 0 Å². The number of carboxylic acid groups (broad SMARTS) is 1.